The Morgan fingerprint density at radius 3 is 2.13 bits per heavy atom. The Kier molecular flexibility index (Phi) is 9.95. The number of anilines is 2. The summed E-state index contributed by atoms with van der Waals surface area (Å²) in [5, 5.41) is 6.39. The van der Waals surface area contributed by atoms with Gasteiger partial charge in [0.15, 0.2) is 5.75 Å². The van der Waals surface area contributed by atoms with Gasteiger partial charge in [0, 0.05) is 15.7 Å². The third kappa shape index (κ3) is 7.25. The van der Waals surface area contributed by atoms with Crippen molar-refractivity contribution in [2.24, 2.45) is 0 Å². The molecule has 6 nitrogen and oxygen atoms in total. The molecule has 3 aromatic rings. The molecule has 0 saturated heterocycles. The maximum absolute atomic E-state index is 12.4. The molecule has 2 amide bonds. The minimum atomic E-state index is -2.59. The molecule has 3 aromatic carbocycles. The van der Waals surface area contributed by atoms with Crippen LogP contribution in [0.3, 0.4) is 0 Å². The zero-order valence-electron chi connectivity index (χ0n) is 15.7. The Bertz CT molecular complexity index is 1150. The van der Waals surface area contributed by atoms with Gasteiger partial charge in [-0.2, -0.15) is 0 Å². The standard InChI is InChI=1S/C19H12Cl4N2O4S.Na/c20-10-1-5-16(29-17-6-2-11(21)8-18(17)30(27)28)15(7-10)25-19(26)24-12-3-4-13(22)14(23)9-12;/h1-9H,(H,27,28)(H2,24,25,26);/q;+1/p-1. The van der Waals surface area contributed by atoms with Gasteiger partial charge in [-0.1, -0.05) is 46.4 Å². The molecule has 0 aliphatic carbocycles. The molecule has 0 aromatic heterocycles. The molecule has 3 rings (SSSR count). The van der Waals surface area contributed by atoms with E-state index in [0.29, 0.717) is 15.7 Å². The van der Waals surface area contributed by atoms with Crippen LogP contribution in [-0.4, -0.2) is 14.8 Å². The topological polar surface area (TPSA) is 90.5 Å². The van der Waals surface area contributed by atoms with Gasteiger partial charge in [-0.05, 0) is 65.7 Å². The van der Waals surface area contributed by atoms with Crippen LogP contribution in [0.15, 0.2) is 59.5 Å². The first-order chi connectivity index (χ1) is 14.2. The molecule has 0 aliphatic rings. The number of hydrogen-bond acceptors (Lipinski definition) is 4. The van der Waals surface area contributed by atoms with Crippen LogP contribution in [0.4, 0.5) is 16.2 Å². The van der Waals surface area contributed by atoms with Crippen LogP contribution in [0.25, 0.3) is 0 Å². The largest absolute Gasteiger partial charge is 1.00 e. The molecule has 31 heavy (non-hydrogen) atoms. The minimum absolute atomic E-state index is 0. The van der Waals surface area contributed by atoms with Crippen molar-refractivity contribution in [3.05, 3.63) is 74.7 Å². The number of carbonyl (C=O) groups excluding carboxylic acids is 1. The van der Waals surface area contributed by atoms with Crippen molar-refractivity contribution in [3.63, 3.8) is 0 Å². The summed E-state index contributed by atoms with van der Waals surface area (Å²) in [5.74, 6) is 0.195. The Morgan fingerprint density at radius 1 is 0.839 bits per heavy atom. The Labute approximate surface area is 222 Å². The molecular weight excluding hydrogens is 517 g/mol. The van der Waals surface area contributed by atoms with Crippen LogP contribution in [0.5, 0.6) is 11.5 Å². The van der Waals surface area contributed by atoms with E-state index in [1.54, 1.807) is 12.1 Å². The molecule has 1 unspecified atom stereocenters. The normalized spacial score (nSPS) is 11.3. The zero-order chi connectivity index (χ0) is 21.8. The zero-order valence-corrected chi connectivity index (χ0v) is 21.6. The maximum Gasteiger partial charge on any atom is 1.00 e. The van der Waals surface area contributed by atoms with E-state index in [1.807, 2.05) is 0 Å². The first-order valence-electron chi connectivity index (χ1n) is 8.12. The molecule has 2 N–H and O–H groups in total. The quantitative estimate of drug-likeness (QED) is 0.388. The maximum atomic E-state index is 12.4. The van der Waals surface area contributed by atoms with Gasteiger partial charge in [0.1, 0.15) is 5.75 Å². The van der Waals surface area contributed by atoms with Gasteiger partial charge < -0.3 is 19.9 Å². The van der Waals surface area contributed by atoms with Crippen molar-refractivity contribution in [1.82, 2.24) is 0 Å². The van der Waals surface area contributed by atoms with E-state index in [-0.39, 0.29) is 61.7 Å². The average molecular weight is 528 g/mol. The fourth-order valence-electron chi connectivity index (χ4n) is 2.36. The number of rotatable bonds is 5. The number of urea groups is 1. The van der Waals surface area contributed by atoms with Crippen LogP contribution in [0.2, 0.25) is 20.1 Å². The van der Waals surface area contributed by atoms with Crippen LogP contribution >= 0.6 is 46.4 Å². The Morgan fingerprint density at radius 2 is 1.48 bits per heavy atom. The molecule has 156 valence electrons. The van der Waals surface area contributed by atoms with Gasteiger partial charge in [-0.3, -0.25) is 4.21 Å². The van der Waals surface area contributed by atoms with E-state index in [2.05, 4.69) is 10.6 Å². The number of carbonyl (C=O) groups is 1. The number of amides is 2. The van der Waals surface area contributed by atoms with Crippen molar-refractivity contribution in [3.8, 4) is 11.5 Å². The molecular formula is C19H11Cl4N2NaO4S. The van der Waals surface area contributed by atoms with E-state index in [4.69, 9.17) is 51.1 Å². The van der Waals surface area contributed by atoms with E-state index in [9.17, 15) is 13.6 Å². The summed E-state index contributed by atoms with van der Waals surface area (Å²) in [6, 6.07) is 12.6. The van der Waals surface area contributed by atoms with Crippen LogP contribution in [0.1, 0.15) is 0 Å². The van der Waals surface area contributed by atoms with Gasteiger partial charge in [0.05, 0.1) is 20.6 Å². The summed E-state index contributed by atoms with van der Waals surface area (Å²) in [7, 11) is 0. The molecule has 0 saturated carbocycles. The first kappa shape index (κ1) is 26.3. The molecule has 12 heteroatoms. The monoisotopic (exact) mass is 526 g/mol. The Balaban J connectivity index is 0.00000341. The number of halogens is 4. The summed E-state index contributed by atoms with van der Waals surface area (Å²) < 4.78 is 28.7. The van der Waals surface area contributed by atoms with Crippen molar-refractivity contribution in [1.29, 1.82) is 0 Å². The molecule has 0 radical (unpaired) electrons. The summed E-state index contributed by atoms with van der Waals surface area (Å²) in [4.78, 5) is 12.3. The van der Waals surface area contributed by atoms with Gasteiger partial charge in [-0.25, -0.2) is 4.79 Å². The summed E-state index contributed by atoms with van der Waals surface area (Å²) >= 11 is 21.1. The van der Waals surface area contributed by atoms with E-state index in [0.717, 1.165) is 0 Å². The van der Waals surface area contributed by atoms with Crippen molar-refractivity contribution >= 4 is 74.9 Å². The van der Waals surface area contributed by atoms with Crippen LogP contribution < -0.4 is 44.9 Å². The predicted molar refractivity (Wildman–Crippen MR) is 119 cm³/mol. The predicted octanol–water partition coefficient (Wildman–Crippen LogP) is 3.98. The van der Waals surface area contributed by atoms with Crippen molar-refractivity contribution < 1.29 is 47.9 Å². The molecule has 0 heterocycles. The number of benzene rings is 3. The smallest absolute Gasteiger partial charge is 0.768 e. The fraction of sp³-hybridized carbons (Fsp3) is 0. The van der Waals surface area contributed by atoms with Gasteiger partial charge >= 0.3 is 35.6 Å². The molecule has 1 atom stereocenters. The van der Waals surface area contributed by atoms with Crippen molar-refractivity contribution in [2.75, 3.05) is 10.6 Å². The fourth-order valence-corrected chi connectivity index (χ4v) is 3.57. The summed E-state index contributed by atoms with van der Waals surface area (Å²) in [6.07, 6.45) is 0. The first-order valence-corrected chi connectivity index (χ1v) is 10.7. The van der Waals surface area contributed by atoms with E-state index in [1.165, 1.54) is 42.5 Å². The number of hydrogen-bond donors (Lipinski definition) is 2. The average Bonchev–Trinajstić information content (AvgIpc) is 2.68. The van der Waals surface area contributed by atoms with Crippen molar-refractivity contribution in [2.45, 2.75) is 4.90 Å². The van der Waals surface area contributed by atoms with E-state index >= 15 is 0 Å². The minimum Gasteiger partial charge on any atom is -0.768 e. The molecule has 0 spiro atoms. The Hall–Kier alpha value is -1.000. The third-order valence-electron chi connectivity index (χ3n) is 3.67. The number of ether oxygens (including phenoxy) is 1. The van der Waals surface area contributed by atoms with Crippen LogP contribution in [-0.2, 0) is 11.1 Å². The second-order valence-electron chi connectivity index (χ2n) is 5.78. The third-order valence-corrected chi connectivity index (χ3v) is 5.56. The second-order valence-corrected chi connectivity index (χ2v) is 8.37. The molecule has 0 aliphatic heterocycles. The van der Waals surface area contributed by atoms with Gasteiger partial charge in [-0.15, -0.1) is 0 Å². The van der Waals surface area contributed by atoms with Gasteiger partial charge in [0.2, 0.25) is 0 Å². The van der Waals surface area contributed by atoms with Gasteiger partial charge in [0.25, 0.3) is 0 Å². The second kappa shape index (κ2) is 11.7. The van der Waals surface area contributed by atoms with Crippen LogP contribution in [0, 0.1) is 0 Å². The molecule has 0 bridgehead atoms. The van der Waals surface area contributed by atoms with E-state index < -0.39 is 17.1 Å². The number of nitrogens with one attached hydrogen (secondary N) is 2. The SMILES string of the molecule is O=C(Nc1ccc(Cl)c(Cl)c1)Nc1cc(Cl)ccc1Oc1ccc(Cl)cc1S(=O)[O-].[Na+]. The summed E-state index contributed by atoms with van der Waals surface area (Å²) in [5.41, 5.74) is 0.616. The molecule has 0 fully saturated rings. The summed E-state index contributed by atoms with van der Waals surface area (Å²) in [6.45, 7) is 0.